The van der Waals surface area contributed by atoms with Gasteiger partial charge in [-0.3, -0.25) is 9.69 Å². The van der Waals surface area contributed by atoms with Gasteiger partial charge in [0.05, 0.1) is 0 Å². The van der Waals surface area contributed by atoms with Gasteiger partial charge in [-0.1, -0.05) is 62.2 Å². The van der Waals surface area contributed by atoms with E-state index in [1.54, 1.807) is 0 Å². The molecule has 0 unspecified atom stereocenters. The van der Waals surface area contributed by atoms with Crippen LogP contribution >= 0.6 is 31.9 Å². The van der Waals surface area contributed by atoms with Crippen LogP contribution in [-0.4, -0.2) is 48.5 Å². The third kappa shape index (κ3) is 5.09. The molecule has 0 atom stereocenters. The number of ether oxygens (including phenoxy) is 1. The first-order chi connectivity index (χ1) is 12.5. The van der Waals surface area contributed by atoms with E-state index >= 15 is 0 Å². The molecule has 1 aliphatic heterocycles. The van der Waals surface area contributed by atoms with Crippen molar-refractivity contribution in [1.29, 1.82) is 0 Å². The van der Waals surface area contributed by atoms with E-state index in [1.165, 1.54) is 5.56 Å². The maximum Gasteiger partial charge on any atom is 0.260 e. The lowest BCUT2D eigenvalue weighted by Gasteiger charge is -2.34. The number of carbonyl (C=O) groups excluding carboxylic acids is 1. The van der Waals surface area contributed by atoms with Gasteiger partial charge in [0.1, 0.15) is 5.75 Å². The molecular formula is C20H22Br2N2O2. The molecule has 0 bridgehead atoms. The van der Waals surface area contributed by atoms with Crippen molar-refractivity contribution in [3.05, 3.63) is 62.5 Å². The molecule has 138 valence electrons. The molecule has 6 heteroatoms. The van der Waals surface area contributed by atoms with Gasteiger partial charge in [0.2, 0.25) is 0 Å². The highest BCUT2D eigenvalue weighted by molar-refractivity contribution is 9.11. The summed E-state index contributed by atoms with van der Waals surface area (Å²) in [4.78, 5) is 16.7. The lowest BCUT2D eigenvalue weighted by molar-refractivity contribution is -0.135. The minimum Gasteiger partial charge on any atom is -0.484 e. The lowest BCUT2D eigenvalue weighted by atomic mass is 10.2. The van der Waals surface area contributed by atoms with Gasteiger partial charge in [-0.25, -0.2) is 0 Å². The molecule has 1 heterocycles. The second-order valence-electron chi connectivity index (χ2n) is 6.44. The van der Waals surface area contributed by atoms with E-state index in [0.29, 0.717) is 5.75 Å². The third-order valence-electron chi connectivity index (χ3n) is 4.59. The number of hydrogen-bond acceptors (Lipinski definition) is 3. The Kier molecular flexibility index (Phi) is 6.73. The van der Waals surface area contributed by atoms with Gasteiger partial charge in [-0.2, -0.15) is 0 Å². The molecule has 0 spiro atoms. The average molecular weight is 482 g/mol. The van der Waals surface area contributed by atoms with Crippen molar-refractivity contribution >= 4 is 37.8 Å². The predicted octanol–water partition coefficient (Wildman–Crippen LogP) is 4.24. The summed E-state index contributed by atoms with van der Waals surface area (Å²) < 4.78 is 7.62. The summed E-state index contributed by atoms with van der Waals surface area (Å²) >= 11 is 7.01. The molecule has 3 rings (SSSR count). The van der Waals surface area contributed by atoms with Crippen LogP contribution in [0.2, 0.25) is 0 Å². The van der Waals surface area contributed by atoms with Gasteiger partial charge in [0, 0.05) is 41.7 Å². The van der Waals surface area contributed by atoms with Crippen molar-refractivity contribution < 1.29 is 9.53 Å². The minimum absolute atomic E-state index is 0.0391. The van der Waals surface area contributed by atoms with E-state index in [9.17, 15) is 4.79 Å². The normalized spacial score (nSPS) is 15.1. The van der Waals surface area contributed by atoms with Crippen molar-refractivity contribution in [2.24, 2.45) is 0 Å². The molecule has 1 saturated heterocycles. The van der Waals surface area contributed by atoms with Crippen LogP contribution in [0.4, 0.5) is 0 Å². The smallest absolute Gasteiger partial charge is 0.260 e. The van der Waals surface area contributed by atoms with E-state index in [1.807, 2.05) is 30.0 Å². The van der Waals surface area contributed by atoms with E-state index in [4.69, 9.17) is 4.74 Å². The van der Waals surface area contributed by atoms with Gasteiger partial charge in [-0.15, -0.1) is 0 Å². The molecule has 26 heavy (non-hydrogen) atoms. The van der Waals surface area contributed by atoms with Gasteiger partial charge >= 0.3 is 0 Å². The molecule has 1 aliphatic rings. The van der Waals surface area contributed by atoms with Crippen LogP contribution in [0, 0.1) is 6.92 Å². The molecule has 0 radical (unpaired) electrons. The summed E-state index contributed by atoms with van der Waals surface area (Å²) in [6, 6.07) is 14.2. The number of nitrogens with zero attached hydrogens (tertiary/aromatic N) is 2. The molecule has 1 fully saturated rings. The number of hydrogen-bond donors (Lipinski definition) is 0. The Labute approximate surface area is 171 Å². The summed E-state index contributed by atoms with van der Waals surface area (Å²) in [6.45, 7) is 6.29. The van der Waals surface area contributed by atoms with Crippen LogP contribution in [0.15, 0.2) is 51.4 Å². The molecule has 0 saturated carbocycles. The maximum atomic E-state index is 12.4. The van der Waals surface area contributed by atoms with Crippen LogP contribution in [0.5, 0.6) is 5.75 Å². The number of amides is 1. The monoisotopic (exact) mass is 480 g/mol. The lowest BCUT2D eigenvalue weighted by Crippen LogP contribution is -2.49. The molecule has 0 aromatic heterocycles. The van der Waals surface area contributed by atoms with Crippen LogP contribution in [0.1, 0.15) is 11.1 Å². The Balaban J connectivity index is 1.46. The average Bonchev–Trinajstić information content (AvgIpc) is 2.65. The first-order valence-electron chi connectivity index (χ1n) is 8.65. The number of benzene rings is 2. The summed E-state index contributed by atoms with van der Waals surface area (Å²) in [5, 5.41) is 0. The SMILES string of the molecule is Cc1c(Br)cc(OCC(=O)N2CCN(Cc3ccccc3)CC2)cc1Br. The zero-order valence-electron chi connectivity index (χ0n) is 14.8. The number of rotatable bonds is 5. The van der Waals surface area contributed by atoms with Crippen LogP contribution < -0.4 is 4.74 Å². The van der Waals surface area contributed by atoms with Crippen LogP contribution in [-0.2, 0) is 11.3 Å². The van der Waals surface area contributed by atoms with Gasteiger partial charge in [-0.05, 0) is 30.2 Å². The fourth-order valence-electron chi connectivity index (χ4n) is 2.94. The zero-order valence-corrected chi connectivity index (χ0v) is 17.9. The summed E-state index contributed by atoms with van der Waals surface area (Å²) in [7, 11) is 0. The van der Waals surface area contributed by atoms with E-state index in [2.05, 4.69) is 61.0 Å². The van der Waals surface area contributed by atoms with Crippen molar-refractivity contribution in [3.63, 3.8) is 0 Å². The number of piperazine rings is 1. The predicted molar refractivity (Wildman–Crippen MR) is 110 cm³/mol. The third-order valence-corrected chi connectivity index (χ3v) is 6.24. The molecular weight excluding hydrogens is 460 g/mol. The maximum absolute atomic E-state index is 12.4. The van der Waals surface area contributed by atoms with Crippen LogP contribution in [0.3, 0.4) is 0 Å². The van der Waals surface area contributed by atoms with Crippen molar-refractivity contribution in [1.82, 2.24) is 9.80 Å². The van der Waals surface area contributed by atoms with Crippen LogP contribution in [0.25, 0.3) is 0 Å². The highest BCUT2D eigenvalue weighted by Gasteiger charge is 2.21. The summed E-state index contributed by atoms with van der Waals surface area (Å²) in [5.74, 6) is 0.725. The van der Waals surface area contributed by atoms with Crippen molar-refractivity contribution in [2.75, 3.05) is 32.8 Å². The van der Waals surface area contributed by atoms with Gasteiger partial charge in [0.15, 0.2) is 6.61 Å². The molecule has 4 nitrogen and oxygen atoms in total. The second kappa shape index (κ2) is 9.02. The first-order valence-corrected chi connectivity index (χ1v) is 10.2. The standard InChI is InChI=1S/C20H22Br2N2O2/c1-15-18(21)11-17(12-19(15)22)26-14-20(25)24-9-7-23(8-10-24)13-16-5-3-2-4-6-16/h2-6,11-12H,7-10,13-14H2,1H3. The largest absolute Gasteiger partial charge is 0.484 e. The minimum atomic E-state index is 0.0391. The quantitative estimate of drug-likeness (QED) is 0.640. The van der Waals surface area contributed by atoms with Gasteiger partial charge < -0.3 is 9.64 Å². The molecule has 0 aliphatic carbocycles. The van der Waals surface area contributed by atoms with Crippen molar-refractivity contribution in [2.45, 2.75) is 13.5 Å². The summed E-state index contributed by atoms with van der Waals surface area (Å²) in [5.41, 5.74) is 2.42. The Bertz CT molecular complexity index is 737. The Morgan fingerprint density at radius 1 is 1.04 bits per heavy atom. The van der Waals surface area contributed by atoms with Crippen molar-refractivity contribution in [3.8, 4) is 5.75 Å². The highest BCUT2D eigenvalue weighted by Crippen LogP contribution is 2.30. The van der Waals surface area contributed by atoms with E-state index in [0.717, 1.165) is 47.2 Å². The van der Waals surface area contributed by atoms with Gasteiger partial charge in [0.25, 0.3) is 5.91 Å². The zero-order chi connectivity index (χ0) is 18.5. The summed E-state index contributed by atoms with van der Waals surface area (Å²) in [6.07, 6.45) is 0. The molecule has 2 aromatic rings. The number of halogens is 2. The highest BCUT2D eigenvalue weighted by atomic mass is 79.9. The second-order valence-corrected chi connectivity index (χ2v) is 8.15. The van der Waals surface area contributed by atoms with E-state index < -0.39 is 0 Å². The first kappa shape index (κ1) is 19.4. The topological polar surface area (TPSA) is 32.8 Å². The molecule has 2 aromatic carbocycles. The number of carbonyl (C=O) groups is 1. The Morgan fingerprint density at radius 3 is 2.27 bits per heavy atom. The fourth-order valence-corrected chi connectivity index (χ4v) is 4.08. The molecule has 1 amide bonds. The Morgan fingerprint density at radius 2 is 1.65 bits per heavy atom. The fraction of sp³-hybridized carbons (Fsp3) is 0.350. The molecule has 0 N–H and O–H groups in total. The van der Waals surface area contributed by atoms with E-state index in [-0.39, 0.29) is 12.5 Å². The Hall–Kier alpha value is -1.37.